The van der Waals surface area contributed by atoms with E-state index in [0.29, 0.717) is 41.7 Å². The van der Waals surface area contributed by atoms with E-state index in [1.807, 2.05) is 30.3 Å². The van der Waals surface area contributed by atoms with Gasteiger partial charge in [-0.3, -0.25) is 9.78 Å². The van der Waals surface area contributed by atoms with Gasteiger partial charge in [0, 0.05) is 31.6 Å². The molecule has 0 radical (unpaired) electrons. The molecule has 8 heteroatoms. The zero-order valence-corrected chi connectivity index (χ0v) is 14.4. The van der Waals surface area contributed by atoms with Crippen molar-refractivity contribution in [3.63, 3.8) is 0 Å². The van der Waals surface area contributed by atoms with Gasteiger partial charge in [0.05, 0.1) is 11.3 Å². The molecule has 1 aliphatic heterocycles. The Morgan fingerprint density at radius 3 is 2.85 bits per heavy atom. The Labute approximate surface area is 155 Å². The molecule has 2 aromatic heterocycles. The van der Waals surface area contributed by atoms with E-state index < -0.39 is 5.91 Å². The minimum Gasteiger partial charge on any atom is -0.454 e. The van der Waals surface area contributed by atoms with E-state index in [1.165, 1.54) is 6.20 Å². The number of primary amides is 1. The van der Waals surface area contributed by atoms with Gasteiger partial charge in [-0.05, 0) is 29.3 Å². The molecule has 0 aliphatic carbocycles. The van der Waals surface area contributed by atoms with Gasteiger partial charge in [-0.15, -0.1) is 0 Å². The Morgan fingerprint density at radius 1 is 1.15 bits per heavy atom. The van der Waals surface area contributed by atoms with Crippen molar-refractivity contribution in [2.45, 2.75) is 13.0 Å². The topological polar surface area (TPSA) is 112 Å². The summed E-state index contributed by atoms with van der Waals surface area (Å²) in [6, 6.07) is 9.43. The molecule has 4 rings (SSSR count). The van der Waals surface area contributed by atoms with E-state index in [2.05, 4.69) is 20.3 Å². The summed E-state index contributed by atoms with van der Waals surface area (Å²) >= 11 is 0. The van der Waals surface area contributed by atoms with Crippen LogP contribution in [0.25, 0.3) is 0 Å². The number of anilines is 1. The summed E-state index contributed by atoms with van der Waals surface area (Å²) in [5.74, 6) is 1.23. The van der Waals surface area contributed by atoms with Crippen LogP contribution in [0.15, 0.2) is 48.9 Å². The van der Waals surface area contributed by atoms with Crippen LogP contribution in [0.2, 0.25) is 0 Å². The van der Waals surface area contributed by atoms with Gasteiger partial charge in [-0.1, -0.05) is 12.1 Å². The number of benzene rings is 1. The fourth-order valence-electron chi connectivity index (χ4n) is 2.77. The monoisotopic (exact) mass is 363 g/mol. The number of hydrogen-bond donors (Lipinski definition) is 2. The maximum Gasteiger partial charge on any atom is 0.252 e. The standard InChI is InChI=1S/C19H17N5O3/c20-18(25)14-10-23-19(22-9-13-2-1-5-21-8-13)24-15(14)6-12-3-4-16-17(7-12)27-11-26-16/h1-5,7-8,10H,6,9,11H2,(H2,20,25)(H,22,23,24). The van der Waals surface area contributed by atoms with E-state index in [0.717, 1.165) is 11.1 Å². The van der Waals surface area contributed by atoms with Crippen LogP contribution in [0.5, 0.6) is 11.5 Å². The van der Waals surface area contributed by atoms with Gasteiger partial charge < -0.3 is 20.5 Å². The zero-order chi connectivity index (χ0) is 18.6. The number of nitrogens with one attached hydrogen (secondary N) is 1. The van der Waals surface area contributed by atoms with Crippen LogP contribution in [-0.4, -0.2) is 27.7 Å². The average Bonchev–Trinajstić information content (AvgIpc) is 3.15. The molecule has 1 amide bonds. The SMILES string of the molecule is NC(=O)c1cnc(NCc2cccnc2)nc1Cc1ccc2c(c1)OCO2. The van der Waals surface area contributed by atoms with E-state index in [4.69, 9.17) is 15.2 Å². The maximum atomic E-state index is 11.8. The highest BCUT2D eigenvalue weighted by Crippen LogP contribution is 2.33. The van der Waals surface area contributed by atoms with Crippen molar-refractivity contribution < 1.29 is 14.3 Å². The van der Waals surface area contributed by atoms with Crippen LogP contribution in [-0.2, 0) is 13.0 Å². The third kappa shape index (κ3) is 3.79. The summed E-state index contributed by atoms with van der Waals surface area (Å²) in [5, 5.41) is 3.14. The number of rotatable bonds is 6. The first-order chi connectivity index (χ1) is 13.2. The number of pyridine rings is 1. The number of fused-ring (bicyclic) bond motifs is 1. The number of carbonyl (C=O) groups excluding carboxylic acids is 1. The summed E-state index contributed by atoms with van der Waals surface area (Å²) < 4.78 is 10.7. The van der Waals surface area contributed by atoms with E-state index in [9.17, 15) is 4.79 Å². The summed E-state index contributed by atoms with van der Waals surface area (Å²) in [5.41, 5.74) is 8.25. The number of nitrogens with zero attached hydrogens (tertiary/aromatic N) is 3. The van der Waals surface area contributed by atoms with Crippen molar-refractivity contribution in [1.29, 1.82) is 0 Å². The first-order valence-electron chi connectivity index (χ1n) is 8.36. The lowest BCUT2D eigenvalue weighted by atomic mass is 10.1. The number of aromatic nitrogens is 3. The highest BCUT2D eigenvalue weighted by Gasteiger charge is 2.16. The minimum atomic E-state index is -0.565. The van der Waals surface area contributed by atoms with Gasteiger partial charge >= 0.3 is 0 Å². The first-order valence-corrected chi connectivity index (χ1v) is 8.36. The van der Waals surface area contributed by atoms with Gasteiger partial charge in [0.1, 0.15) is 0 Å². The molecule has 3 heterocycles. The van der Waals surface area contributed by atoms with Gasteiger partial charge in [-0.2, -0.15) is 0 Å². The lowest BCUT2D eigenvalue weighted by Gasteiger charge is -2.10. The van der Waals surface area contributed by atoms with Gasteiger partial charge in [0.2, 0.25) is 12.7 Å². The fraction of sp³-hybridized carbons (Fsp3) is 0.158. The van der Waals surface area contributed by atoms with Crippen molar-refractivity contribution in [2.75, 3.05) is 12.1 Å². The summed E-state index contributed by atoms with van der Waals surface area (Å²) in [6.07, 6.45) is 5.34. The van der Waals surface area contributed by atoms with Crippen molar-refractivity contribution >= 4 is 11.9 Å². The first kappa shape index (κ1) is 16.8. The molecule has 0 saturated carbocycles. The summed E-state index contributed by atoms with van der Waals surface area (Å²) in [7, 11) is 0. The molecule has 27 heavy (non-hydrogen) atoms. The van der Waals surface area contributed by atoms with E-state index in [-0.39, 0.29) is 6.79 Å². The minimum absolute atomic E-state index is 0.210. The summed E-state index contributed by atoms with van der Waals surface area (Å²) in [4.78, 5) is 24.5. The molecular weight excluding hydrogens is 346 g/mol. The third-order valence-corrected chi connectivity index (χ3v) is 4.12. The Morgan fingerprint density at radius 2 is 2.04 bits per heavy atom. The highest BCUT2D eigenvalue weighted by atomic mass is 16.7. The average molecular weight is 363 g/mol. The molecule has 1 aliphatic rings. The Hall–Kier alpha value is -3.68. The Bertz CT molecular complexity index is 978. The van der Waals surface area contributed by atoms with E-state index >= 15 is 0 Å². The molecule has 0 atom stereocenters. The quantitative estimate of drug-likeness (QED) is 0.688. The molecular formula is C19H17N5O3. The van der Waals surface area contributed by atoms with Crippen molar-refractivity contribution in [1.82, 2.24) is 15.0 Å². The zero-order valence-electron chi connectivity index (χ0n) is 14.4. The van der Waals surface area contributed by atoms with Crippen LogP contribution in [0, 0.1) is 0 Å². The lowest BCUT2D eigenvalue weighted by molar-refractivity contribution is 0.0998. The molecule has 3 N–H and O–H groups in total. The van der Waals surface area contributed by atoms with Crippen molar-refractivity contribution in [2.24, 2.45) is 5.73 Å². The third-order valence-electron chi connectivity index (χ3n) is 4.12. The van der Waals surface area contributed by atoms with Crippen molar-refractivity contribution in [3.05, 3.63) is 71.3 Å². The van der Waals surface area contributed by atoms with Crippen LogP contribution in [0.4, 0.5) is 5.95 Å². The maximum absolute atomic E-state index is 11.8. The number of carbonyl (C=O) groups is 1. The van der Waals surface area contributed by atoms with Gasteiger partial charge in [0.15, 0.2) is 11.5 Å². The Kier molecular flexibility index (Phi) is 4.52. The second kappa shape index (κ2) is 7.28. The number of hydrogen-bond acceptors (Lipinski definition) is 7. The van der Waals surface area contributed by atoms with Crippen LogP contribution in [0.1, 0.15) is 27.2 Å². The molecule has 0 saturated heterocycles. The normalized spacial score (nSPS) is 12.0. The second-order valence-corrected chi connectivity index (χ2v) is 6.00. The molecule has 0 spiro atoms. The smallest absolute Gasteiger partial charge is 0.252 e. The van der Waals surface area contributed by atoms with Crippen LogP contribution in [0.3, 0.4) is 0 Å². The highest BCUT2D eigenvalue weighted by molar-refractivity contribution is 5.93. The number of amides is 1. The molecule has 1 aromatic carbocycles. The fourth-order valence-corrected chi connectivity index (χ4v) is 2.77. The van der Waals surface area contributed by atoms with Crippen LogP contribution < -0.4 is 20.5 Å². The predicted molar refractivity (Wildman–Crippen MR) is 97.5 cm³/mol. The number of ether oxygens (including phenoxy) is 2. The Balaban J connectivity index is 1.56. The predicted octanol–water partition coefficient (Wildman–Crippen LogP) is 1.90. The molecule has 136 valence electrons. The van der Waals surface area contributed by atoms with Gasteiger partial charge in [0.25, 0.3) is 5.91 Å². The largest absolute Gasteiger partial charge is 0.454 e. The molecule has 0 unspecified atom stereocenters. The second-order valence-electron chi connectivity index (χ2n) is 6.00. The number of nitrogens with two attached hydrogens (primary N) is 1. The van der Waals surface area contributed by atoms with Gasteiger partial charge in [-0.25, -0.2) is 9.97 Å². The van der Waals surface area contributed by atoms with Crippen LogP contribution >= 0.6 is 0 Å². The molecule has 3 aromatic rings. The molecule has 0 bridgehead atoms. The molecule has 8 nitrogen and oxygen atoms in total. The van der Waals surface area contributed by atoms with E-state index in [1.54, 1.807) is 12.4 Å². The van der Waals surface area contributed by atoms with Crippen molar-refractivity contribution in [3.8, 4) is 11.5 Å². The lowest BCUT2D eigenvalue weighted by Crippen LogP contribution is -2.17. The molecule has 0 fully saturated rings. The summed E-state index contributed by atoms with van der Waals surface area (Å²) in [6.45, 7) is 0.731.